The van der Waals surface area contributed by atoms with E-state index in [0.717, 1.165) is 4.90 Å². The molecule has 1 amide bonds. The molecule has 1 unspecified atom stereocenters. The zero-order chi connectivity index (χ0) is 10.8. The summed E-state index contributed by atoms with van der Waals surface area (Å²) in [6.07, 6.45) is -5.20. The largest absolute Gasteiger partial charge is 0.390 e. The molecule has 14 heavy (non-hydrogen) atoms. The minimum absolute atomic E-state index is 0.0500. The van der Waals surface area contributed by atoms with Gasteiger partial charge in [0, 0.05) is 19.5 Å². The number of likely N-dealkylation sites (tertiary alicyclic amines) is 1. The van der Waals surface area contributed by atoms with E-state index < -0.39 is 18.5 Å². The van der Waals surface area contributed by atoms with Crippen LogP contribution in [0.25, 0.3) is 0 Å². The molecule has 0 radical (unpaired) electrons. The van der Waals surface area contributed by atoms with Crippen LogP contribution in [0.1, 0.15) is 12.8 Å². The Hall–Kier alpha value is -1.25. The smallest absolute Gasteiger partial charge is 0.341 e. The normalized spacial score (nSPS) is 22.6. The van der Waals surface area contributed by atoms with Crippen molar-refractivity contribution in [3.8, 4) is 6.07 Å². The Morgan fingerprint density at radius 1 is 1.57 bits per heavy atom. The molecule has 1 heterocycles. The van der Waals surface area contributed by atoms with Gasteiger partial charge in [0.1, 0.15) is 0 Å². The third-order valence-electron chi connectivity index (χ3n) is 2.06. The molecule has 0 aromatic carbocycles. The maximum Gasteiger partial charge on any atom is 0.390 e. The lowest BCUT2D eigenvalue weighted by atomic mass is 10.1. The molecule has 0 N–H and O–H groups in total. The van der Waals surface area contributed by atoms with Crippen LogP contribution in [-0.4, -0.2) is 30.1 Å². The van der Waals surface area contributed by atoms with Crippen molar-refractivity contribution in [3.05, 3.63) is 0 Å². The van der Waals surface area contributed by atoms with E-state index in [2.05, 4.69) is 0 Å². The van der Waals surface area contributed by atoms with Gasteiger partial charge in [-0.25, -0.2) is 0 Å². The molecule has 1 atom stereocenters. The van der Waals surface area contributed by atoms with Crippen LogP contribution in [0.2, 0.25) is 0 Å². The Bertz CT molecular complexity index is 269. The van der Waals surface area contributed by atoms with E-state index in [-0.39, 0.29) is 25.4 Å². The van der Waals surface area contributed by atoms with Gasteiger partial charge in [0.05, 0.1) is 18.4 Å². The molecule has 1 fully saturated rings. The van der Waals surface area contributed by atoms with Crippen molar-refractivity contribution < 1.29 is 18.0 Å². The Kier molecular flexibility index (Phi) is 2.99. The highest BCUT2D eigenvalue weighted by Gasteiger charge is 2.33. The number of alkyl halides is 3. The lowest BCUT2D eigenvalue weighted by molar-refractivity contribution is -0.143. The number of hydrogen-bond donors (Lipinski definition) is 0. The number of amides is 1. The molecule has 1 aliphatic heterocycles. The second-order valence-corrected chi connectivity index (χ2v) is 3.24. The molecule has 0 aliphatic carbocycles. The molecule has 78 valence electrons. The summed E-state index contributed by atoms with van der Waals surface area (Å²) in [5.74, 6) is -0.809. The summed E-state index contributed by atoms with van der Waals surface area (Å²) < 4.78 is 35.4. The molecule has 1 rings (SSSR count). The van der Waals surface area contributed by atoms with Crippen molar-refractivity contribution in [1.29, 1.82) is 5.26 Å². The Balaban J connectivity index is 2.40. The van der Waals surface area contributed by atoms with Crippen LogP contribution in [0, 0.1) is 17.2 Å². The molecule has 1 saturated heterocycles. The van der Waals surface area contributed by atoms with Crippen molar-refractivity contribution in [3.63, 3.8) is 0 Å². The Labute approximate surface area is 79.1 Å². The third-order valence-corrected chi connectivity index (χ3v) is 2.06. The average Bonchev–Trinajstić information content (AvgIpc) is 2.42. The van der Waals surface area contributed by atoms with Crippen molar-refractivity contribution >= 4 is 5.91 Å². The Morgan fingerprint density at radius 2 is 2.21 bits per heavy atom. The zero-order valence-corrected chi connectivity index (χ0v) is 7.34. The van der Waals surface area contributed by atoms with Gasteiger partial charge >= 0.3 is 6.18 Å². The van der Waals surface area contributed by atoms with Crippen LogP contribution < -0.4 is 0 Å². The molecule has 0 aromatic heterocycles. The van der Waals surface area contributed by atoms with Crippen molar-refractivity contribution in [2.75, 3.05) is 13.1 Å². The summed E-state index contributed by atoms with van der Waals surface area (Å²) in [6.45, 7) is -0.202. The molecule has 0 bridgehead atoms. The molecule has 1 aliphatic rings. The van der Waals surface area contributed by atoms with E-state index in [1.807, 2.05) is 6.07 Å². The lowest BCUT2D eigenvalue weighted by Gasteiger charge is -2.16. The van der Waals surface area contributed by atoms with Gasteiger partial charge in [-0.1, -0.05) is 0 Å². The average molecular weight is 206 g/mol. The fourth-order valence-electron chi connectivity index (χ4n) is 1.34. The van der Waals surface area contributed by atoms with E-state index in [1.165, 1.54) is 0 Å². The van der Waals surface area contributed by atoms with Gasteiger partial charge in [-0.3, -0.25) is 4.79 Å². The lowest BCUT2D eigenvalue weighted by Crippen LogP contribution is -2.29. The van der Waals surface area contributed by atoms with Crippen LogP contribution in [0.4, 0.5) is 13.2 Å². The third kappa shape index (κ3) is 2.91. The number of hydrogen-bond acceptors (Lipinski definition) is 2. The van der Waals surface area contributed by atoms with Gasteiger partial charge in [0.25, 0.3) is 0 Å². The van der Waals surface area contributed by atoms with Crippen LogP contribution in [0.15, 0.2) is 0 Å². The quantitative estimate of drug-likeness (QED) is 0.683. The minimum Gasteiger partial charge on any atom is -0.341 e. The predicted molar refractivity (Wildman–Crippen MR) is 41.0 cm³/mol. The summed E-state index contributed by atoms with van der Waals surface area (Å²) in [6, 6.07) is 1.88. The number of nitriles is 1. The first-order valence-electron chi connectivity index (χ1n) is 4.16. The monoisotopic (exact) mass is 206 g/mol. The Morgan fingerprint density at radius 3 is 2.64 bits per heavy atom. The first-order chi connectivity index (χ1) is 6.42. The molecule has 0 aromatic rings. The van der Waals surface area contributed by atoms with E-state index in [4.69, 9.17) is 5.26 Å². The van der Waals surface area contributed by atoms with E-state index in [0.29, 0.717) is 0 Å². The SMILES string of the molecule is N#CC1CC(=O)N(CCC(F)(F)F)C1. The van der Waals surface area contributed by atoms with Gasteiger partial charge in [-0.15, -0.1) is 0 Å². The number of carbonyl (C=O) groups excluding carboxylic acids is 1. The number of halogens is 3. The minimum atomic E-state index is -4.25. The zero-order valence-electron chi connectivity index (χ0n) is 7.34. The fourth-order valence-corrected chi connectivity index (χ4v) is 1.34. The van der Waals surface area contributed by atoms with Gasteiger partial charge in [-0.05, 0) is 0 Å². The van der Waals surface area contributed by atoms with Gasteiger partial charge in [0.15, 0.2) is 0 Å². The molecule has 0 spiro atoms. The molecular formula is C8H9F3N2O. The van der Waals surface area contributed by atoms with E-state index in [1.54, 1.807) is 0 Å². The summed E-state index contributed by atoms with van der Waals surface area (Å²) in [7, 11) is 0. The number of carbonyl (C=O) groups is 1. The van der Waals surface area contributed by atoms with Crippen molar-refractivity contribution in [2.45, 2.75) is 19.0 Å². The summed E-state index contributed by atoms with van der Waals surface area (Å²) >= 11 is 0. The van der Waals surface area contributed by atoms with Crippen molar-refractivity contribution in [1.82, 2.24) is 4.90 Å². The van der Waals surface area contributed by atoms with Crippen LogP contribution in [0.5, 0.6) is 0 Å². The second-order valence-electron chi connectivity index (χ2n) is 3.24. The van der Waals surface area contributed by atoms with Gasteiger partial charge in [0.2, 0.25) is 5.91 Å². The summed E-state index contributed by atoms with van der Waals surface area (Å²) in [5, 5.41) is 8.48. The fraction of sp³-hybridized carbons (Fsp3) is 0.750. The van der Waals surface area contributed by atoms with Crippen LogP contribution >= 0.6 is 0 Å². The van der Waals surface area contributed by atoms with E-state index >= 15 is 0 Å². The van der Waals surface area contributed by atoms with Crippen LogP contribution in [-0.2, 0) is 4.79 Å². The molecule has 0 saturated carbocycles. The summed E-state index contributed by atoms with van der Waals surface area (Å²) in [4.78, 5) is 12.2. The number of nitrogens with zero attached hydrogens (tertiary/aromatic N) is 2. The van der Waals surface area contributed by atoms with Crippen LogP contribution in [0.3, 0.4) is 0 Å². The second kappa shape index (κ2) is 3.86. The number of rotatable bonds is 2. The molecule has 3 nitrogen and oxygen atoms in total. The highest BCUT2D eigenvalue weighted by Crippen LogP contribution is 2.23. The maximum atomic E-state index is 11.8. The van der Waals surface area contributed by atoms with E-state index in [9.17, 15) is 18.0 Å². The highest BCUT2D eigenvalue weighted by molar-refractivity contribution is 5.79. The summed E-state index contributed by atoms with van der Waals surface area (Å²) in [5.41, 5.74) is 0. The first-order valence-corrected chi connectivity index (χ1v) is 4.16. The topological polar surface area (TPSA) is 44.1 Å². The first kappa shape index (κ1) is 10.8. The van der Waals surface area contributed by atoms with Crippen molar-refractivity contribution in [2.24, 2.45) is 5.92 Å². The van der Waals surface area contributed by atoms with Gasteiger partial charge in [-0.2, -0.15) is 18.4 Å². The predicted octanol–water partition coefficient (Wildman–Crippen LogP) is 1.31. The van der Waals surface area contributed by atoms with Gasteiger partial charge < -0.3 is 4.90 Å². The molecular weight excluding hydrogens is 197 g/mol. The maximum absolute atomic E-state index is 11.8. The standard InChI is InChI=1S/C8H9F3N2O/c9-8(10,11)1-2-13-5-6(4-12)3-7(13)14/h6H,1-3,5H2. The molecule has 6 heteroatoms. The highest BCUT2D eigenvalue weighted by atomic mass is 19.4.